The van der Waals surface area contributed by atoms with E-state index in [0.717, 1.165) is 45.8 Å². The highest BCUT2D eigenvalue weighted by Crippen LogP contribution is 2.36. The number of hydrogen-bond acceptors (Lipinski definition) is 8. The van der Waals surface area contributed by atoms with E-state index in [2.05, 4.69) is 14.9 Å². The number of benzene rings is 3. The van der Waals surface area contributed by atoms with E-state index < -0.39 is 0 Å². The Morgan fingerprint density at radius 1 is 1.00 bits per heavy atom. The van der Waals surface area contributed by atoms with Crippen LogP contribution in [0.4, 0.5) is 22.1 Å². The average Bonchev–Trinajstić information content (AvgIpc) is 3.33. The highest BCUT2D eigenvalue weighted by molar-refractivity contribution is 5.99. The number of nitrogens with two attached hydrogens (primary N) is 1. The van der Waals surface area contributed by atoms with Crippen LogP contribution in [0, 0.1) is 0 Å². The molecule has 38 heavy (non-hydrogen) atoms. The minimum Gasteiger partial charge on any atom is -0.497 e. The smallest absolute Gasteiger partial charge is 0.414 e. The van der Waals surface area contributed by atoms with Gasteiger partial charge < -0.3 is 24.8 Å². The number of aromatic nitrogens is 2. The van der Waals surface area contributed by atoms with E-state index in [1.165, 1.54) is 0 Å². The zero-order chi connectivity index (χ0) is 26.6. The predicted octanol–water partition coefficient (Wildman–Crippen LogP) is 5.17. The second-order valence-corrected chi connectivity index (χ2v) is 9.19. The number of amides is 1. The molecule has 9 heteroatoms. The summed E-state index contributed by atoms with van der Waals surface area (Å²) in [4.78, 5) is 25.5. The van der Waals surface area contributed by atoms with E-state index in [9.17, 15) is 4.79 Å². The molecular formula is C29H31N5O4. The largest absolute Gasteiger partial charge is 0.497 e. The highest BCUT2D eigenvalue weighted by atomic mass is 16.6. The van der Waals surface area contributed by atoms with Crippen LogP contribution in [0.2, 0.25) is 0 Å². The summed E-state index contributed by atoms with van der Waals surface area (Å²) in [5, 5.41) is 0.839. The standard InChI is InChI=1S/C29H31N5O4/c1-4-21-18-38-29(35)34(21)22-13-26-25(15-31-28(30)32-26)27(14-22)33(16-19-5-9-23(36-2)10-6-19)17-20-7-11-24(37-3)12-8-20/h5-15,21H,4,16-18H2,1-3H3,(H2,30,31,32). The van der Waals surface area contributed by atoms with Gasteiger partial charge in [0.25, 0.3) is 0 Å². The molecule has 0 radical (unpaired) electrons. The molecule has 5 rings (SSSR count). The summed E-state index contributed by atoms with van der Waals surface area (Å²) in [5.74, 6) is 1.77. The van der Waals surface area contributed by atoms with Gasteiger partial charge >= 0.3 is 6.09 Å². The molecule has 1 atom stereocenters. The summed E-state index contributed by atoms with van der Waals surface area (Å²) < 4.78 is 16.1. The topological polar surface area (TPSA) is 103 Å². The molecule has 1 amide bonds. The van der Waals surface area contributed by atoms with Crippen LogP contribution in [0.15, 0.2) is 66.9 Å². The molecule has 1 saturated heterocycles. The zero-order valence-electron chi connectivity index (χ0n) is 21.8. The van der Waals surface area contributed by atoms with Crippen molar-refractivity contribution in [2.24, 2.45) is 0 Å². The maximum atomic E-state index is 12.7. The summed E-state index contributed by atoms with van der Waals surface area (Å²) in [7, 11) is 3.31. The molecule has 1 unspecified atom stereocenters. The molecule has 0 saturated carbocycles. The Hall–Kier alpha value is -4.53. The quantitative estimate of drug-likeness (QED) is 0.327. The molecule has 9 nitrogen and oxygen atoms in total. The highest BCUT2D eigenvalue weighted by Gasteiger charge is 2.34. The van der Waals surface area contributed by atoms with Crippen molar-refractivity contribution >= 4 is 34.3 Å². The van der Waals surface area contributed by atoms with E-state index in [0.29, 0.717) is 25.2 Å². The fourth-order valence-electron chi connectivity index (χ4n) is 4.72. The average molecular weight is 514 g/mol. The van der Waals surface area contributed by atoms with Gasteiger partial charge in [-0.25, -0.2) is 14.8 Å². The van der Waals surface area contributed by atoms with Gasteiger partial charge in [0.1, 0.15) is 18.1 Å². The van der Waals surface area contributed by atoms with Crippen LogP contribution in [-0.2, 0) is 17.8 Å². The molecule has 196 valence electrons. The first-order valence-electron chi connectivity index (χ1n) is 12.5. The lowest BCUT2D eigenvalue weighted by atomic mass is 10.1. The van der Waals surface area contributed by atoms with Crippen molar-refractivity contribution < 1.29 is 19.0 Å². The molecule has 0 aliphatic carbocycles. The summed E-state index contributed by atoms with van der Waals surface area (Å²) >= 11 is 0. The normalized spacial score (nSPS) is 15.0. The van der Waals surface area contributed by atoms with Gasteiger partial charge in [0.05, 0.1) is 37.2 Å². The molecular weight excluding hydrogens is 482 g/mol. The Morgan fingerprint density at radius 2 is 1.61 bits per heavy atom. The number of hydrogen-bond donors (Lipinski definition) is 1. The van der Waals surface area contributed by atoms with E-state index >= 15 is 0 Å². The Balaban J connectivity index is 1.63. The molecule has 2 heterocycles. The van der Waals surface area contributed by atoms with Crippen LogP contribution in [0.1, 0.15) is 24.5 Å². The third kappa shape index (κ3) is 5.13. The second-order valence-electron chi connectivity index (χ2n) is 9.19. The second kappa shape index (κ2) is 10.8. The Kier molecular flexibility index (Phi) is 7.17. The fraction of sp³-hybridized carbons (Fsp3) is 0.276. The Bertz CT molecular complexity index is 1380. The van der Waals surface area contributed by atoms with Gasteiger partial charge in [0.15, 0.2) is 0 Å². The molecule has 1 aromatic heterocycles. The van der Waals surface area contributed by atoms with E-state index in [-0.39, 0.29) is 18.1 Å². The van der Waals surface area contributed by atoms with Crippen LogP contribution in [0.3, 0.4) is 0 Å². The molecule has 2 N–H and O–H groups in total. The number of ether oxygens (including phenoxy) is 3. The van der Waals surface area contributed by atoms with E-state index in [1.807, 2.05) is 67.6 Å². The summed E-state index contributed by atoms with van der Waals surface area (Å²) in [6.45, 7) is 3.60. The number of methoxy groups -OCH3 is 2. The maximum absolute atomic E-state index is 12.7. The zero-order valence-corrected chi connectivity index (χ0v) is 21.8. The van der Waals surface area contributed by atoms with Crippen LogP contribution in [0.25, 0.3) is 10.9 Å². The SMILES string of the molecule is CCC1COC(=O)N1c1cc(N(Cc2ccc(OC)cc2)Cc2ccc(OC)cc2)c2cnc(N)nc2c1. The van der Waals surface area contributed by atoms with Gasteiger partial charge in [0, 0.05) is 24.7 Å². The monoisotopic (exact) mass is 513 g/mol. The van der Waals surface area contributed by atoms with Gasteiger partial charge in [0.2, 0.25) is 5.95 Å². The number of cyclic esters (lactones) is 1. The van der Waals surface area contributed by atoms with Crippen molar-refractivity contribution in [2.45, 2.75) is 32.5 Å². The summed E-state index contributed by atoms with van der Waals surface area (Å²) in [5.41, 5.74) is 10.4. The number of nitrogens with zero attached hydrogens (tertiary/aromatic N) is 4. The number of rotatable bonds is 9. The van der Waals surface area contributed by atoms with E-state index in [1.54, 1.807) is 25.3 Å². The molecule has 1 fully saturated rings. The number of carbonyl (C=O) groups excluding carboxylic acids is 1. The minimum atomic E-state index is -0.360. The number of anilines is 3. The van der Waals surface area contributed by atoms with Gasteiger partial charge in [-0.1, -0.05) is 31.2 Å². The van der Waals surface area contributed by atoms with Gasteiger partial charge in [-0.05, 0) is 53.9 Å². The van der Waals surface area contributed by atoms with Crippen LogP contribution in [0.5, 0.6) is 11.5 Å². The van der Waals surface area contributed by atoms with Crippen LogP contribution in [-0.4, -0.2) is 42.9 Å². The third-order valence-corrected chi connectivity index (χ3v) is 6.80. The van der Waals surface area contributed by atoms with Crippen molar-refractivity contribution in [1.82, 2.24) is 9.97 Å². The molecule has 1 aliphatic heterocycles. The van der Waals surface area contributed by atoms with Crippen molar-refractivity contribution in [3.05, 3.63) is 78.0 Å². The maximum Gasteiger partial charge on any atom is 0.414 e. The fourth-order valence-corrected chi connectivity index (χ4v) is 4.72. The van der Waals surface area contributed by atoms with Gasteiger partial charge in [-0.3, -0.25) is 4.90 Å². The van der Waals surface area contributed by atoms with Crippen molar-refractivity contribution in [3.8, 4) is 11.5 Å². The first-order valence-corrected chi connectivity index (χ1v) is 12.5. The molecule has 4 aromatic rings. The van der Waals surface area contributed by atoms with Crippen molar-refractivity contribution in [1.29, 1.82) is 0 Å². The van der Waals surface area contributed by atoms with Crippen molar-refractivity contribution in [2.75, 3.05) is 36.4 Å². The number of fused-ring (bicyclic) bond motifs is 1. The lowest BCUT2D eigenvalue weighted by Gasteiger charge is -2.29. The first-order chi connectivity index (χ1) is 18.5. The minimum absolute atomic E-state index is 0.0522. The lowest BCUT2D eigenvalue weighted by molar-refractivity contribution is 0.178. The lowest BCUT2D eigenvalue weighted by Crippen LogP contribution is -2.33. The molecule has 0 bridgehead atoms. The number of carbonyl (C=O) groups is 1. The summed E-state index contributed by atoms with van der Waals surface area (Å²) in [6.07, 6.45) is 2.15. The summed E-state index contributed by atoms with van der Waals surface area (Å²) in [6, 6.07) is 19.8. The van der Waals surface area contributed by atoms with E-state index in [4.69, 9.17) is 19.9 Å². The predicted molar refractivity (Wildman–Crippen MR) is 148 cm³/mol. The van der Waals surface area contributed by atoms with Crippen molar-refractivity contribution in [3.63, 3.8) is 0 Å². The first kappa shape index (κ1) is 25.1. The molecule has 3 aromatic carbocycles. The van der Waals surface area contributed by atoms with Crippen LogP contribution < -0.4 is 25.0 Å². The molecule has 1 aliphatic rings. The van der Waals surface area contributed by atoms with Gasteiger partial charge in [-0.15, -0.1) is 0 Å². The Morgan fingerprint density at radius 3 is 2.16 bits per heavy atom. The molecule has 0 spiro atoms. The van der Waals surface area contributed by atoms with Gasteiger partial charge in [-0.2, -0.15) is 0 Å². The van der Waals surface area contributed by atoms with Crippen LogP contribution >= 0.6 is 0 Å². The third-order valence-electron chi connectivity index (χ3n) is 6.80. The number of nitrogen functional groups attached to an aromatic ring is 1. The Labute approximate surface area is 221 Å².